The van der Waals surface area contributed by atoms with Gasteiger partial charge in [0.15, 0.2) is 0 Å². The lowest BCUT2D eigenvalue weighted by Crippen LogP contribution is -2.05. The van der Waals surface area contributed by atoms with E-state index in [9.17, 15) is 5.11 Å². The summed E-state index contributed by atoms with van der Waals surface area (Å²) in [6, 6.07) is 7.62. The van der Waals surface area contributed by atoms with Gasteiger partial charge in [-0.05, 0) is 49.4 Å². The van der Waals surface area contributed by atoms with E-state index in [0.29, 0.717) is 5.75 Å². The Morgan fingerprint density at radius 1 is 1.07 bits per heavy atom. The van der Waals surface area contributed by atoms with Crippen LogP contribution in [0.15, 0.2) is 24.3 Å². The summed E-state index contributed by atoms with van der Waals surface area (Å²) in [5.41, 5.74) is 3.52. The standard InChI is InChI=1S/C13H13NO/c15-11-6-5-10-7-9-3-1-2-4-12(9)14-13(10)8-11/h5-8,15H,1-4H2. The molecule has 1 aromatic heterocycles. The van der Waals surface area contributed by atoms with E-state index in [1.807, 2.05) is 6.07 Å². The highest BCUT2D eigenvalue weighted by Gasteiger charge is 2.11. The van der Waals surface area contributed by atoms with Gasteiger partial charge >= 0.3 is 0 Å². The number of hydrogen-bond acceptors (Lipinski definition) is 2. The zero-order valence-corrected chi connectivity index (χ0v) is 8.53. The second kappa shape index (κ2) is 3.23. The highest BCUT2D eigenvalue weighted by atomic mass is 16.3. The molecule has 0 amide bonds. The molecular weight excluding hydrogens is 186 g/mol. The number of phenols is 1. The minimum absolute atomic E-state index is 0.297. The first-order chi connectivity index (χ1) is 7.33. The maximum absolute atomic E-state index is 9.39. The molecule has 2 aromatic rings. The third-order valence-corrected chi connectivity index (χ3v) is 3.08. The minimum atomic E-state index is 0.297. The third-order valence-electron chi connectivity index (χ3n) is 3.08. The van der Waals surface area contributed by atoms with Gasteiger partial charge in [-0.15, -0.1) is 0 Å². The van der Waals surface area contributed by atoms with Crippen LogP contribution in [0.4, 0.5) is 0 Å². The number of aromatic nitrogens is 1. The molecule has 1 aromatic carbocycles. The smallest absolute Gasteiger partial charge is 0.117 e. The highest BCUT2D eigenvalue weighted by Crippen LogP contribution is 2.25. The van der Waals surface area contributed by atoms with E-state index in [2.05, 4.69) is 11.1 Å². The second-order valence-corrected chi connectivity index (χ2v) is 4.18. The van der Waals surface area contributed by atoms with Crippen LogP contribution in [0.1, 0.15) is 24.1 Å². The zero-order chi connectivity index (χ0) is 10.3. The Morgan fingerprint density at radius 2 is 1.93 bits per heavy atom. The van der Waals surface area contributed by atoms with Crippen LogP contribution >= 0.6 is 0 Å². The largest absolute Gasteiger partial charge is 0.508 e. The second-order valence-electron chi connectivity index (χ2n) is 4.18. The van der Waals surface area contributed by atoms with Gasteiger partial charge in [0.05, 0.1) is 5.52 Å². The molecular formula is C13H13NO. The SMILES string of the molecule is Oc1ccc2cc3c(nc2c1)CCCC3. The van der Waals surface area contributed by atoms with Crippen molar-refractivity contribution in [3.8, 4) is 5.75 Å². The summed E-state index contributed by atoms with van der Waals surface area (Å²) >= 11 is 0. The Bertz CT molecular complexity index is 519. The van der Waals surface area contributed by atoms with E-state index < -0.39 is 0 Å². The average molecular weight is 199 g/mol. The summed E-state index contributed by atoms with van der Waals surface area (Å²) in [6.45, 7) is 0. The summed E-state index contributed by atoms with van der Waals surface area (Å²) in [5.74, 6) is 0.297. The number of fused-ring (bicyclic) bond motifs is 2. The van der Waals surface area contributed by atoms with Crippen molar-refractivity contribution in [2.45, 2.75) is 25.7 Å². The van der Waals surface area contributed by atoms with Crippen LogP contribution in [0.5, 0.6) is 5.75 Å². The predicted octanol–water partition coefficient (Wildman–Crippen LogP) is 2.82. The van der Waals surface area contributed by atoms with Crippen molar-refractivity contribution in [3.63, 3.8) is 0 Å². The maximum atomic E-state index is 9.39. The molecule has 0 unspecified atom stereocenters. The van der Waals surface area contributed by atoms with Crippen molar-refractivity contribution in [2.75, 3.05) is 0 Å². The van der Waals surface area contributed by atoms with Crippen molar-refractivity contribution >= 4 is 10.9 Å². The fourth-order valence-electron chi connectivity index (χ4n) is 2.28. The number of benzene rings is 1. The predicted molar refractivity (Wildman–Crippen MR) is 60.0 cm³/mol. The molecule has 0 bridgehead atoms. The van der Waals surface area contributed by atoms with Crippen LogP contribution in [0.2, 0.25) is 0 Å². The summed E-state index contributed by atoms with van der Waals surface area (Å²) in [7, 11) is 0. The van der Waals surface area contributed by atoms with Gasteiger partial charge < -0.3 is 5.11 Å². The lowest BCUT2D eigenvalue weighted by molar-refractivity contribution is 0.476. The van der Waals surface area contributed by atoms with Gasteiger partial charge in [-0.2, -0.15) is 0 Å². The molecule has 2 nitrogen and oxygen atoms in total. The topological polar surface area (TPSA) is 33.1 Å². The lowest BCUT2D eigenvalue weighted by atomic mass is 9.95. The monoisotopic (exact) mass is 199 g/mol. The molecule has 1 N–H and O–H groups in total. The lowest BCUT2D eigenvalue weighted by Gasteiger charge is -2.15. The Hall–Kier alpha value is -1.57. The van der Waals surface area contributed by atoms with Gasteiger partial charge in [-0.1, -0.05) is 0 Å². The number of aryl methyl sites for hydroxylation is 2. The Labute approximate surface area is 88.6 Å². The number of nitrogens with zero attached hydrogens (tertiary/aromatic N) is 1. The van der Waals surface area contributed by atoms with Gasteiger partial charge in [0.1, 0.15) is 5.75 Å². The fourth-order valence-corrected chi connectivity index (χ4v) is 2.28. The van der Waals surface area contributed by atoms with Crippen molar-refractivity contribution in [1.29, 1.82) is 0 Å². The van der Waals surface area contributed by atoms with Crippen LogP contribution in [-0.2, 0) is 12.8 Å². The first-order valence-electron chi connectivity index (χ1n) is 5.44. The Balaban J connectivity index is 2.26. The Kier molecular flexibility index (Phi) is 1.88. The first kappa shape index (κ1) is 8.72. The number of rotatable bonds is 0. The molecule has 15 heavy (non-hydrogen) atoms. The van der Waals surface area contributed by atoms with E-state index in [4.69, 9.17) is 0 Å². The zero-order valence-electron chi connectivity index (χ0n) is 8.53. The molecule has 3 rings (SSSR count). The summed E-state index contributed by atoms with van der Waals surface area (Å²) in [4.78, 5) is 4.62. The Morgan fingerprint density at radius 3 is 2.87 bits per heavy atom. The average Bonchev–Trinajstić information content (AvgIpc) is 2.26. The van der Waals surface area contributed by atoms with E-state index in [1.54, 1.807) is 12.1 Å². The van der Waals surface area contributed by atoms with Crippen LogP contribution in [0, 0.1) is 0 Å². The van der Waals surface area contributed by atoms with Crippen molar-refractivity contribution < 1.29 is 5.11 Å². The van der Waals surface area contributed by atoms with Crippen LogP contribution in [0.3, 0.4) is 0 Å². The van der Waals surface area contributed by atoms with Crippen molar-refractivity contribution in [3.05, 3.63) is 35.5 Å². The van der Waals surface area contributed by atoms with Crippen molar-refractivity contribution in [2.24, 2.45) is 0 Å². The molecule has 1 aliphatic rings. The van der Waals surface area contributed by atoms with E-state index in [-0.39, 0.29) is 0 Å². The fraction of sp³-hybridized carbons (Fsp3) is 0.308. The minimum Gasteiger partial charge on any atom is -0.508 e. The van der Waals surface area contributed by atoms with Gasteiger partial charge in [-0.25, -0.2) is 0 Å². The number of hydrogen-bond donors (Lipinski definition) is 1. The van der Waals surface area contributed by atoms with Gasteiger partial charge in [0.25, 0.3) is 0 Å². The van der Waals surface area contributed by atoms with Crippen molar-refractivity contribution in [1.82, 2.24) is 4.98 Å². The molecule has 0 saturated heterocycles. The molecule has 0 fully saturated rings. The first-order valence-corrected chi connectivity index (χ1v) is 5.44. The van der Waals surface area contributed by atoms with Crippen LogP contribution in [-0.4, -0.2) is 10.1 Å². The molecule has 76 valence electrons. The summed E-state index contributed by atoms with van der Waals surface area (Å²) in [6.07, 6.45) is 4.75. The van der Waals surface area contributed by atoms with Gasteiger partial charge in [-0.3, -0.25) is 4.98 Å². The van der Waals surface area contributed by atoms with Gasteiger partial charge in [0, 0.05) is 17.1 Å². The molecule has 1 heterocycles. The number of pyridine rings is 1. The van der Waals surface area contributed by atoms with Crippen LogP contribution < -0.4 is 0 Å². The van der Waals surface area contributed by atoms with Gasteiger partial charge in [0.2, 0.25) is 0 Å². The summed E-state index contributed by atoms with van der Waals surface area (Å²) < 4.78 is 0. The molecule has 0 saturated carbocycles. The van der Waals surface area contributed by atoms with E-state index >= 15 is 0 Å². The third kappa shape index (κ3) is 1.46. The summed E-state index contributed by atoms with van der Waals surface area (Å²) in [5, 5.41) is 10.5. The normalized spacial score (nSPS) is 15.2. The van der Waals surface area contributed by atoms with Crippen LogP contribution in [0.25, 0.3) is 10.9 Å². The quantitative estimate of drug-likeness (QED) is 0.707. The molecule has 1 aliphatic carbocycles. The highest BCUT2D eigenvalue weighted by molar-refractivity contribution is 5.81. The number of aromatic hydroxyl groups is 1. The molecule has 0 atom stereocenters. The van der Waals surface area contributed by atoms with E-state index in [1.165, 1.54) is 24.1 Å². The van der Waals surface area contributed by atoms with E-state index in [0.717, 1.165) is 23.7 Å². The molecule has 0 spiro atoms. The maximum Gasteiger partial charge on any atom is 0.117 e. The number of phenolic OH excluding ortho intramolecular Hbond substituents is 1. The molecule has 0 aliphatic heterocycles. The molecule has 0 radical (unpaired) electrons. The molecule has 2 heteroatoms.